The van der Waals surface area contributed by atoms with Gasteiger partial charge in [0.1, 0.15) is 0 Å². The fourth-order valence-corrected chi connectivity index (χ4v) is 4.18. The van der Waals surface area contributed by atoms with Gasteiger partial charge in [-0.3, -0.25) is 9.59 Å². The molecule has 7 nitrogen and oxygen atoms in total. The van der Waals surface area contributed by atoms with Crippen LogP contribution in [0.2, 0.25) is 0 Å². The number of nitrogens with one attached hydrogen (secondary N) is 3. The summed E-state index contributed by atoms with van der Waals surface area (Å²) in [7, 11) is 0. The molecule has 0 fully saturated rings. The zero-order valence-corrected chi connectivity index (χ0v) is 16.9. The molecule has 9 heteroatoms. The van der Waals surface area contributed by atoms with E-state index in [-0.39, 0.29) is 23.6 Å². The first-order valence-electron chi connectivity index (χ1n) is 8.28. The number of nitrogens with zero attached hydrogens (tertiary/aromatic N) is 2. The zero-order chi connectivity index (χ0) is 19.1. The fraction of sp³-hybridized carbons (Fsp3) is 0.412. The van der Waals surface area contributed by atoms with Crippen molar-refractivity contribution in [1.82, 2.24) is 15.5 Å². The zero-order valence-electron chi connectivity index (χ0n) is 15.3. The van der Waals surface area contributed by atoms with Crippen LogP contribution >= 0.6 is 23.1 Å². The Labute approximate surface area is 161 Å². The normalized spacial score (nSPS) is 11.7. The molecule has 2 rings (SSSR count). The molecule has 0 saturated heterocycles. The fourth-order valence-electron chi connectivity index (χ4n) is 2.19. The largest absolute Gasteiger partial charge is 0.360 e. The summed E-state index contributed by atoms with van der Waals surface area (Å²) in [6.07, 6.45) is 0. The molecule has 3 N–H and O–H groups in total. The SMILES string of the molecule is CCNc1nnc(S[C@@H](C)C(=O)NCC(=O)Nc2c(C)cccc2C)s1. The lowest BCUT2D eigenvalue weighted by Crippen LogP contribution is -2.37. The molecule has 0 aliphatic carbocycles. The number of anilines is 2. The Hall–Kier alpha value is -2.13. The van der Waals surface area contributed by atoms with Gasteiger partial charge in [-0.1, -0.05) is 41.3 Å². The topological polar surface area (TPSA) is 96.0 Å². The molecule has 26 heavy (non-hydrogen) atoms. The average molecular weight is 394 g/mol. The van der Waals surface area contributed by atoms with Crippen molar-refractivity contribution >= 4 is 45.7 Å². The second-order valence-electron chi connectivity index (χ2n) is 5.70. The first-order chi connectivity index (χ1) is 12.4. The molecule has 0 unspecified atom stereocenters. The van der Waals surface area contributed by atoms with Gasteiger partial charge in [-0.25, -0.2) is 0 Å². The van der Waals surface area contributed by atoms with E-state index in [2.05, 4.69) is 26.1 Å². The van der Waals surface area contributed by atoms with E-state index in [1.54, 1.807) is 6.92 Å². The summed E-state index contributed by atoms with van der Waals surface area (Å²) in [5.74, 6) is -0.467. The number of aryl methyl sites for hydroxylation is 2. The van der Waals surface area contributed by atoms with E-state index in [1.165, 1.54) is 23.1 Å². The highest BCUT2D eigenvalue weighted by atomic mass is 32.2. The van der Waals surface area contributed by atoms with Crippen LogP contribution in [-0.4, -0.2) is 40.4 Å². The van der Waals surface area contributed by atoms with Crippen molar-refractivity contribution < 1.29 is 9.59 Å². The van der Waals surface area contributed by atoms with E-state index in [9.17, 15) is 9.59 Å². The van der Waals surface area contributed by atoms with E-state index < -0.39 is 0 Å². The van der Waals surface area contributed by atoms with Gasteiger partial charge in [0.15, 0.2) is 4.34 Å². The van der Waals surface area contributed by atoms with Crippen LogP contribution in [0.5, 0.6) is 0 Å². The van der Waals surface area contributed by atoms with Crippen molar-refractivity contribution in [2.75, 3.05) is 23.7 Å². The van der Waals surface area contributed by atoms with E-state index >= 15 is 0 Å². The number of para-hydroxylation sites is 1. The summed E-state index contributed by atoms with van der Waals surface area (Å²) in [6.45, 7) is 8.32. The quantitative estimate of drug-likeness (QED) is 0.597. The second-order valence-corrected chi connectivity index (χ2v) is 8.26. The van der Waals surface area contributed by atoms with Crippen molar-refractivity contribution in [1.29, 1.82) is 0 Å². The lowest BCUT2D eigenvalue weighted by atomic mass is 10.1. The molecule has 2 aromatic rings. The molecule has 1 atom stereocenters. The summed E-state index contributed by atoms with van der Waals surface area (Å²) in [5.41, 5.74) is 2.77. The number of rotatable bonds is 8. The third-order valence-electron chi connectivity index (χ3n) is 3.55. The van der Waals surface area contributed by atoms with Crippen molar-refractivity contribution in [3.8, 4) is 0 Å². The molecule has 2 amide bonds. The number of hydrogen-bond acceptors (Lipinski definition) is 7. The van der Waals surface area contributed by atoms with Gasteiger partial charge in [0.05, 0.1) is 11.8 Å². The van der Waals surface area contributed by atoms with Crippen LogP contribution < -0.4 is 16.0 Å². The first kappa shape index (κ1) is 20.2. The Bertz CT molecular complexity index is 758. The first-order valence-corrected chi connectivity index (χ1v) is 9.98. The molecular weight excluding hydrogens is 370 g/mol. The van der Waals surface area contributed by atoms with Crippen molar-refractivity contribution in [3.63, 3.8) is 0 Å². The molecule has 0 aliphatic heterocycles. The summed E-state index contributed by atoms with van der Waals surface area (Å²) >= 11 is 2.72. The number of amides is 2. The lowest BCUT2D eigenvalue weighted by molar-refractivity contribution is -0.123. The van der Waals surface area contributed by atoms with Gasteiger partial charge >= 0.3 is 0 Å². The maximum Gasteiger partial charge on any atom is 0.243 e. The van der Waals surface area contributed by atoms with Crippen molar-refractivity contribution in [3.05, 3.63) is 29.3 Å². The molecule has 1 aromatic heterocycles. The third kappa shape index (κ3) is 5.70. The minimum atomic E-state index is -0.370. The minimum Gasteiger partial charge on any atom is -0.360 e. The predicted molar refractivity (Wildman–Crippen MR) is 107 cm³/mol. The molecule has 140 valence electrons. The molecular formula is C17H23N5O2S2. The molecule has 0 radical (unpaired) electrons. The number of hydrogen-bond donors (Lipinski definition) is 3. The van der Waals surface area contributed by atoms with Crippen LogP contribution in [0.4, 0.5) is 10.8 Å². The van der Waals surface area contributed by atoms with Crippen molar-refractivity contribution in [2.24, 2.45) is 0 Å². The van der Waals surface area contributed by atoms with E-state index in [0.717, 1.165) is 28.5 Å². The monoisotopic (exact) mass is 393 g/mol. The van der Waals surface area contributed by atoms with Gasteiger partial charge in [0.25, 0.3) is 0 Å². The molecule has 1 heterocycles. The van der Waals surface area contributed by atoms with Gasteiger partial charge in [0.2, 0.25) is 16.9 Å². The maximum absolute atomic E-state index is 12.2. The Morgan fingerprint density at radius 3 is 2.58 bits per heavy atom. The van der Waals surface area contributed by atoms with Gasteiger partial charge in [-0.15, -0.1) is 10.2 Å². The number of benzene rings is 1. The van der Waals surface area contributed by atoms with Crippen LogP contribution in [0.1, 0.15) is 25.0 Å². The van der Waals surface area contributed by atoms with Gasteiger partial charge < -0.3 is 16.0 Å². The van der Waals surface area contributed by atoms with Crippen molar-refractivity contribution in [2.45, 2.75) is 37.3 Å². The molecule has 0 bridgehead atoms. The summed E-state index contributed by atoms with van der Waals surface area (Å²) in [5, 5.41) is 17.0. The maximum atomic E-state index is 12.2. The van der Waals surface area contributed by atoms with E-state index in [0.29, 0.717) is 4.34 Å². The molecule has 0 aliphatic rings. The third-order valence-corrected chi connectivity index (χ3v) is 5.62. The smallest absolute Gasteiger partial charge is 0.243 e. The highest BCUT2D eigenvalue weighted by Gasteiger charge is 2.18. The van der Waals surface area contributed by atoms with Crippen LogP contribution in [0.15, 0.2) is 22.5 Å². The number of thioether (sulfide) groups is 1. The average Bonchev–Trinajstić information content (AvgIpc) is 3.03. The number of carbonyl (C=O) groups excluding carboxylic acids is 2. The highest BCUT2D eigenvalue weighted by molar-refractivity contribution is 8.02. The van der Waals surface area contributed by atoms with E-state index in [1.807, 2.05) is 39.0 Å². The summed E-state index contributed by atoms with van der Waals surface area (Å²) in [4.78, 5) is 24.3. The van der Waals surface area contributed by atoms with Gasteiger partial charge in [-0.2, -0.15) is 0 Å². The summed E-state index contributed by atoms with van der Waals surface area (Å²) in [6, 6.07) is 5.81. The summed E-state index contributed by atoms with van der Waals surface area (Å²) < 4.78 is 0.712. The number of carbonyl (C=O) groups is 2. The van der Waals surface area contributed by atoms with Crippen LogP contribution in [0.25, 0.3) is 0 Å². The number of aromatic nitrogens is 2. The molecule has 1 aromatic carbocycles. The Morgan fingerprint density at radius 2 is 1.92 bits per heavy atom. The van der Waals surface area contributed by atoms with Gasteiger partial charge in [-0.05, 0) is 38.8 Å². The molecule has 0 saturated carbocycles. The van der Waals surface area contributed by atoms with Crippen LogP contribution in [0, 0.1) is 13.8 Å². The molecule has 0 spiro atoms. The standard InChI is InChI=1S/C17H23N5O2S2/c1-5-18-16-21-22-17(26-16)25-12(4)15(24)19-9-13(23)20-14-10(2)7-6-8-11(14)3/h6-8,12H,5,9H2,1-4H3,(H,18,21)(H,19,24)(H,20,23)/t12-/m0/s1. The highest BCUT2D eigenvalue weighted by Crippen LogP contribution is 2.28. The van der Waals surface area contributed by atoms with E-state index in [4.69, 9.17) is 0 Å². The Kier molecular flexibility index (Phi) is 7.40. The van der Waals surface area contributed by atoms with Crippen LogP contribution in [0.3, 0.4) is 0 Å². The minimum absolute atomic E-state index is 0.0731. The Balaban J connectivity index is 1.82. The van der Waals surface area contributed by atoms with Crippen LogP contribution in [-0.2, 0) is 9.59 Å². The second kappa shape index (κ2) is 9.54. The predicted octanol–water partition coefficient (Wildman–Crippen LogP) is 2.82. The Morgan fingerprint density at radius 1 is 1.23 bits per heavy atom. The van der Waals surface area contributed by atoms with Gasteiger partial charge in [0, 0.05) is 12.2 Å². The lowest BCUT2D eigenvalue weighted by Gasteiger charge is -2.13.